The number of carbonyl (C=O) groups is 1. The third kappa shape index (κ3) is 6.36. The zero-order chi connectivity index (χ0) is 22.4. The minimum atomic E-state index is -3.60. The summed E-state index contributed by atoms with van der Waals surface area (Å²) in [5, 5.41) is 2.61. The van der Waals surface area contributed by atoms with Crippen molar-refractivity contribution < 1.29 is 21.6 Å². The number of nitrogens with zero attached hydrogens (tertiary/aromatic N) is 2. The zero-order valence-corrected chi connectivity index (χ0v) is 18.9. The molecule has 0 aliphatic carbocycles. The molecule has 1 N–H and O–H groups in total. The maximum atomic E-state index is 12.5. The molecule has 0 heterocycles. The van der Waals surface area contributed by atoms with E-state index in [1.54, 1.807) is 38.1 Å². The summed E-state index contributed by atoms with van der Waals surface area (Å²) in [5.74, 6) is -0.518. The maximum Gasteiger partial charge on any atom is 0.243 e. The fraction of sp³-hybridized carbons (Fsp3) is 0.350. The van der Waals surface area contributed by atoms with E-state index >= 15 is 0 Å². The summed E-state index contributed by atoms with van der Waals surface area (Å²) in [7, 11) is -7.19. The molecule has 0 bridgehead atoms. The lowest BCUT2D eigenvalue weighted by atomic mass is 10.2. The van der Waals surface area contributed by atoms with Crippen molar-refractivity contribution in [3.63, 3.8) is 0 Å². The molecule has 2 aromatic rings. The van der Waals surface area contributed by atoms with Crippen LogP contribution in [0, 0.1) is 0 Å². The molecule has 164 valence electrons. The summed E-state index contributed by atoms with van der Waals surface area (Å²) >= 11 is 0. The second-order valence-corrected chi connectivity index (χ2v) is 10.6. The van der Waals surface area contributed by atoms with Gasteiger partial charge in [0.05, 0.1) is 17.7 Å². The molecule has 0 aliphatic heterocycles. The molecule has 0 aromatic heterocycles. The fourth-order valence-electron chi connectivity index (χ4n) is 2.86. The lowest BCUT2D eigenvalue weighted by molar-refractivity contribution is -0.116. The van der Waals surface area contributed by atoms with Crippen LogP contribution in [0.2, 0.25) is 0 Å². The summed E-state index contributed by atoms with van der Waals surface area (Å²) < 4.78 is 51.6. The second kappa shape index (κ2) is 10.2. The standard InChI is InChI=1S/C20H27N3O5S2/c1-4-22(5-2)30(27,28)19-13-11-18(12-14-19)21-20(24)16-23(29(3,25)26)15-17-9-7-6-8-10-17/h6-14H,4-5,15-16H2,1-3H3,(H,21,24). The van der Waals surface area contributed by atoms with E-state index in [-0.39, 0.29) is 18.0 Å². The third-order valence-corrected chi connectivity index (χ3v) is 7.73. The Kier molecular flexibility index (Phi) is 8.13. The predicted molar refractivity (Wildman–Crippen MR) is 117 cm³/mol. The van der Waals surface area contributed by atoms with Crippen LogP contribution in [0.5, 0.6) is 0 Å². The Morgan fingerprint density at radius 3 is 1.93 bits per heavy atom. The van der Waals surface area contributed by atoms with Crippen LogP contribution in [0.4, 0.5) is 5.69 Å². The van der Waals surface area contributed by atoms with Gasteiger partial charge in [0, 0.05) is 25.3 Å². The first-order chi connectivity index (χ1) is 14.1. The molecular formula is C20H27N3O5S2. The van der Waals surface area contributed by atoms with Gasteiger partial charge in [-0.1, -0.05) is 44.2 Å². The minimum Gasteiger partial charge on any atom is -0.325 e. The highest BCUT2D eigenvalue weighted by atomic mass is 32.2. The van der Waals surface area contributed by atoms with E-state index in [0.29, 0.717) is 18.8 Å². The van der Waals surface area contributed by atoms with Crippen molar-refractivity contribution in [1.82, 2.24) is 8.61 Å². The molecule has 8 nitrogen and oxygen atoms in total. The number of carbonyl (C=O) groups excluding carboxylic acids is 1. The average molecular weight is 454 g/mol. The largest absolute Gasteiger partial charge is 0.325 e. The van der Waals surface area contributed by atoms with Crippen molar-refractivity contribution in [2.75, 3.05) is 31.2 Å². The van der Waals surface area contributed by atoms with Crippen LogP contribution >= 0.6 is 0 Å². The number of amides is 1. The third-order valence-electron chi connectivity index (χ3n) is 4.47. The summed E-state index contributed by atoms with van der Waals surface area (Å²) in [6.45, 7) is 3.97. The summed E-state index contributed by atoms with van der Waals surface area (Å²) in [6.07, 6.45) is 1.05. The molecule has 0 radical (unpaired) electrons. The molecule has 0 aliphatic rings. The van der Waals surface area contributed by atoms with Gasteiger partial charge in [-0.3, -0.25) is 4.79 Å². The second-order valence-electron chi connectivity index (χ2n) is 6.68. The normalized spacial score (nSPS) is 12.3. The van der Waals surface area contributed by atoms with Gasteiger partial charge >= 0.3 is 0 Å². The molecule has 0 saturated heterocycles. The van der Waals surface area contributed by atoms with E-state index in [9.17, 15) is 21.6 Å². The molecule has 0 fully saturated rings. The molecule has 30 heavy (non-hydrogen) atoms. The van der Waals surface area contributed by atoms with Gasteiger partial charge in [-0.25, -0.2) is 16.8 Å². The molecule has 0 atom stereocenters. The first-order valence-corrected chi connectivity index (χ1v) is 12.8. The Balaban J connectivity index is 2.09. The van der Waals surface area contributed by atoms with Crippen LogP contribution < -0.4 is 5.32 Å². The summed E-state index contributed by atoms with van der Waals surface area (Å²) in [6, 6.07) is 14.8. The number of rotatable bonds is 10. The Labute approximate surface area is 178 Å². The number of hydrogen-bond acceptors (Lipinski definition) is 5. The van der Waals surface area contributed by atoms with E-state index in [1.807, 2.05) is 6.07 Å². The molecular weight excluding hydrogens is 426 g/mol. The lowest BCUT2D eigenvalue weighted by Gasteiger charge is -2.20. The highest BCUT2D eigenvalue weighted by Gasteiger charge is 2.22. The van der Waals surface area contributed by atoms with Crippen molar-refractivity contribution in [2.45, 2.75) is 25.3 Å². The first kappa shape index (κ1) is 24.0. The fourth-order valence-corrected chi connectivity index (χ4v) is 5.05. The lowest BCUT2D eigenvalue weighted by Crippen LogP contribution is -2.36. The van der Waals surface area contributed by atoms with Crippen LogP contribution in [0.25, 0.3) is 0 Å². The van der Waals surface area contributed by atoms with Gasteiger partial charge in [0.2, 0.25) is 26.0 Å². The van der Waals surface area contributed by atoms with E-state index in [2.05, 4.69) is 5.32 Å². The zero-order valence-electron chi connectivity index (χ0n) is 17.3. The summed E-state index contributed by atoms with van der Waals surface area (Å²) in [4.78, 5) is 12.5. The van der Waals surface area contributed by atoms with Crippen molar-refractivity contribution >= 4 is 31.6 Å². The van der Waals surface area contributed by atoms with E-state index in [0.717, 1.165) is 16.1 Å². The molecule has 1 amide bonds. The Hall–Kier alpha value is -2.27. The van der Waals surface area contributed by atoms with Crippen molar-refractivity contribution in [1.29, 1.82) is 0 Å². The number of benzene rings is 2. The number of anilines is 1. The molecule has 0 unspecified atom stereocenters. The predicted octanol–water partition coefficient (Wildman–Crippen LogP) is 2.12. The molecule has 2 rings (SSSR count). The van der Waals surface area contributed by atoms with Gasteiger partial charge in [0.1, 0.15) is 0 Å². The van der Waals surface area contributed by atoms with Gasteiger partial charge in [0.25, 0.3) is 0 Å². The van der Waals surface area contributed by atoms with E-state index < -0.39 is 26.0 Å². The minimum absolute atomic E-state index is 0.0775. The average Bonchev–Trinajstić information content (AvgIpc) is 2.68. The Morgan fingerprint density at radius 1 is 0.867 bits per heavy atom. The SMILES string of the molecule is CCN(CC)S(=O)(=O)c1ccc(NC(=O)CN(Cc2ccccc2)S(C)(=O)=O)cc1. The van der Waals surface area contributed by atoms with Gasteiger partial charge in [-0.2, -0.15) is 8.61 Å². The van der Waals surface area contributed by atoms with Crippen molar-refractivity contribution in [3.8, 4) is 0 Å². The van der Waals surface area contributed by atoms with Gasteiger partial charge < -0.3 is 5.32 Å². The molecule has 0 saturated carbocycles. The summed E-state index contributed by atoms with van der Waals surface area (Å²) in [5.41, 5.74) is 1.15. The Morgan fingerprint density at radius 2 is 1.43 bits per heavy atom. The maximum absolute atomic E-state index is 12.5. The molecule has 2 aromatic carbocycles. The van der Waals surface area contributed by atoms with Gasteiger partial charge in [0.15, 0.2) is 0 Å². The highest BCUT2D eigenvalue weighted by molar-refractivity contribution is 7.89. The topological polar surface area (TPSA) is 104 Å². The van der Waals surface area contributed by atoms with Crippen LogP contribution in [-0.2, 0) is 31.4 Å². The quantitative estimate of drug-likeness (QED) is 0.593. The molecule has 10 heteroatoms. The van der Waals surface area contributed by atoms with Crippen LogP contribution in [-0.4, -0.2) is 57.2 Å². The highest BCUT2D eigenvalue weighted by Crippen LogP contribution is 2.18. The van der Waals surface area contributed by atoms with Crippen molar-refractivity contribution in [2.24, 2.45) is 0 Å². The number of sulfonamides is 2. The first-order valence-electron chi connectivity index (χ1n) is 9.47. The number of hydrogen-bond donors (Lipinski definition) is 1. The number of nitrogens with one attached hydrogen (secondary N) is 1. The van der Waals surface area contributed by atoms with Crippen LogP contribution in [0.3, 0.4) is 0 Å². The van der Waals surface area contributed by atoms with E-state index in [1.165, 1.54) is 28.6 Å². The Bertz CT molecular complexity index is 1050. The smallest absolute Gasteiger partial charge is 0.243 e. The van der Waals surface area contributed by atoms with Gasteiger partial charge in [-0.05, 0) is 29.8 Å². The van der Waals surface area contributed by atoms with Gasteiger partial charge in [-0.15, -0.1) is 0 Å². The monoisotopic (exact) mass is 453 g/mol. The van der Waals surface area contributed by atoms with Crippen LogP contribution in [0.1, 0.15) is 19.4 Å². The molecule has 0 spiro atoms. The van der Waals surface area contributed by atoms with Crippen molar-refractivity contribution in [3.05, 3.63) is 60.2 Å². The van der Waals surface area contributed by atoms with Crippen LogP contribution in [0.15, 0.2) is 59.5 Å². The van der Waals surface area contributed by atoms with E-state index in [4.69, 9.17) is 0 Å².